The van der Waals surface area contributed by atoms with Gasteiger partial charge in [0.2, 0.25) is 0 Å². The molecule has 1 heterocycles. The fourth-order valence-electron chi connectivity index (χ4n) is 2.13. The van der Waals surface area contributed by atoms with Crippen molar-refractivity contribution in [1.29, 1.82) is 0 Å². The zero-order chi connectivity index (χ0) is 14.7. The van der Waals surface area contributed by atoms with Gasteiger partial charge in [-0.25, -0.2) is 4.68 Å². The molecule has 2 aromatic carbocycles. The Bertz CT molecular complexity index is 812. The Morgan fingerprint density at radius 1 is 0.952 bits per heavy atom. The normalized spacial score (nSPS) is 10.5. The molecule has 4 heteroatoms. The van der Waals surface area contributed by atoms with Crippen molar-refractivity contribution in [3.8, 4) is 11.3 Å². The van der Waals surface area contributed by atoms with E-state index in [4.69, 9.17) is 0 Å². The number of benzene rings is 2. The standard InChI is InChI=1S/C17H13BrN2O/c18-15-8-4-5-13(11-15)12-20-17(21)10-9-16(19-20)14-6-2-1-3-7-14/h1-11H,12H2. The van der Waals surface area contributed by atoms with Crippen molar-refractivity contribution in [1.82, 2.24) is 9.78 Å². The third-order valence-electron chi connectivity index (χ3n) is 3.16. The lowest BCUT2D eigenvalue weighted by Gasteiger charge is -2.07. The van der Waals surface area contributed by atoms with Crippen molar-refractivity contribution < 1.29 is 0 Å². The summed E-state index contributed by atoms with van der Waals surface area (Å²) in [5.41, 5.74) is 2.73. The van der Waals surface area contributed by atoms with Crippen molar-refractivity contribution in [2.45, 2.75) is 6.54 Å². The van der Waals surface area contributed by atoms with E-state index in [0.717, 1.165) is 21.3 Å². The fraction of sp³-hybridized carbons (Fsp3) is 0.0588. The lowest BCUT2D eigenvalue weighted by atomic mass is 10.1. The highest BCUT2D eigenvalue weighted by molar-refractivity contribution is 9.10. The third kappa shape index (κ3) is 3.28. The van der Waals surface area contributed by atoms with Gasteiger partial charge in [0.25, 0.3) is 5.56 Å². The Kier molecular flexibility index (Phi) is 3.97. The summed E-state index contributed by atoms with van der Waals surface area (Å²) in [6.07, 6.45) is 0. The first-order valence-electron chi connectivity index (χ1n) is 6.60. The minimum absolute atomic E-state index is 0.102. The molecule has 0 bridgehead atoms. The van der Waals surface area contributed by atoms with E-state index in [0.29, 0.717) is 6.54 Å². The molecule has 0 saturated heterocycles. The largest absolute Gasteiger partial charge is 0.268 e. The first kappa shape index (κ1) is 13.8. The van der Waals surface area contributed by atoms with E-state index in [1.54, 1.807) is 12.1 Å². The molecule has 0 unspecified atom stereocenters. The second-order valence-electron chi connectivity index (χ2n) is 4.71. The van der Waals surface area contributed by atoms with E-state index in [9.17, 15) is 4.79 Å². The van der Waals surface area contributed by atoms with Gasteiger partial charge in [0.15, 0.2) is 0 Å². The van der Waals surface area contributed by atoms with Crippen LogP contribution in [-0.4, -0.2) is 9.78 Å². The van der Waals surface area contributed by atoms with Crippen LogP contribution in [0.25, 0.3) is 11.3 Å². The second-order valence-corrected chi connectivity index (χ2v) is 5.63. The van der Waals surface area contributed by atoms with Gasteiger partial charge in [-0.2, -0.15) is 5.10 Å². The topological polar surface area (TPSA) is 34.9 Å². The fourth-order valence-corrected chi connectivity index (χ4v) is 2.58. The van der Waals surface area contributed by atoms with Gasteiger partial charge in [-0.1, -0.05) is 58.4 Å². The summed E-state index contributed by atoms with van der Waals surface area (Å²) in [4.78, 5) is 12.0. The molecule has 104 valence electrons. The Morgan fingerprint density at radius 2 is 1.76 bits per heavy atom. The molecule has 21 heavy (non-hydrogen) atoms. The van der Waals surface area contributed by atoms with Crippen LogP contribution in [-0.2, 0) is 6.54 Å². The number of rotatable bonds is 3. The maximum atomic E-state index is 12.0. The van der Waals surface area contributed by atoms with Crippen molar-refractivity contribution in [2.24, 2.45) is 0 Å². The van der Waals surface area contributed by atoms with Crippen LogP contribution in [0.1, 0.15) is 5.56 Å². The Hall–Kier alpha value is -2.20. The van der Waals surface area contributed by atoms with Crippen LogP contribution in [0.4, 0.5) is 0 Å². The minimum Gasteiger partial charge on any atom is -0.268 e. The van der Waals surface area contributed by atoms with Crippen molar-refractivity contribution >= 4 is 15.9 Å². The van der Waals surface area contributed by atoms with Gasteiger partial charge < -0.3 is 0 Å². The molecule has 0 N–H and O–H groups in total. The Morgan fingerprint density at radius 3 is 2.52 bits per heavy atom. The first-order chi connectivity index (χ1) is 10.2. The summed E-state index contributed by atoms with van der Waals surface area (Å²) < 4.78 is 2.48. The van der Waals surface area contributed by atoms with Crippen LogP contribution >= 0.6 is 15.9 Å². The molecule has 3 aromatic rings. The smallest absolute Gasteiger partial charge is 0.267 e. The quantitative estimate of drug-likeness (QED) is 0.728. The number of aromatic nitrogens is 2. The van der Waals surface area contributed by atoms with Crippen LogP contribution in [0.3, 0.4) is 0 Å². The van der Waals surface area contributed by atoms with Gasteiger partial charge in [0.05, 0.1) is 12.2 Å². The van der Waals surface area contributed by atoms with Crippen LogP contribution in [0.5, 0.6) is 0 Å². The van der Waals surface area contributed by atoms with E-state index in [2.05, 4.69) is 21.0 Å². The molecular weight excluding hydrogens is 328 g/mol. The highest BCUT2D eigenvalue weighted by Crippen LogP contribution is 2.15. The summed E-state index contributed by atoms with van der Waals surface area (Å²) in [5.74, 6) is 0. The SMILES string of the molecule is O=c1ccc(-c2ccccc2)nn1Cc1cccc(Br)c1. The summed E-state index contributed by atoms with van der Waals surface area (Å²) >= 11 is 3.44. The molecule has 0 saturated carbocycles. The van der Waals surface area contributed by atoms with Crippen molar-refractivity contribution in [2.75, 3.05) is 0 Å². The van der Waals surface area contributed by atoms with Gasteiger partial charge in [-0.05, 0) is 23.8 Å². The molecule has 1 aromatic heterocycles. The highest BCUT2D eigenvalue weighted by atomic mass is 79.9. The third-order valence-corrected chi connectivity index (χ3v) is 3.65. The van der Waals surface area contributed by atoms with E-state index < -0.39 is 0 Å². The zero-order valence-corrected chi connectivity index (χ0v) is 12.8. The van der Waals surface area contributed by atoms with E-state index in [1.807, 2.05) is 54.6 Å². The summed E-state index contributed by atoms with van der Waals surface area (Å²) in [6.45, 7) is 0.457. The number of halogens is 1. The monoisotopic (exact) mass is 340 g/mol. The molecule has 3 nitrogen and oxygen atoms in total. The van der Waals surface area contributed by atoms with Crippen LogP contribution in [0.2, 0.25) is 0 Å². The lowest BCUT2D eigenvalue weighted by molar-refractivity contribution is 0.642. The van der Waals surface area contributed by atoms with E-state index >= 15 is 0 Å². The molecule has 0 spiro atoms. The zero-order valence-electron chi connectivity index (χ0n) is 11.2. The Labute approximate surface area is 131 Å². The van der Waals surface area contributed by atoms with E-state index in [1.165, 1.54) is 4.68 Å². The minimum atomic E-state index is -0.102. The molecular formula is C17H13BrN2O. The summed E-state index contributed by atoms with van der Waals surface area (Å²) in [7, 11) is 0. The predicted molar refractivity (Wildman–Crippen MR) is 87.2 cm³/mol. The Balaban J connectivity index is 1.97. The molecule has 0 aliphatic heterocycles. The first-order valence-corrected chi connectivity index (χ1v) is 7.40. The number of hydrogen-bond donors (Lipinski definition) is 0. The van der Waals surface area contributed by atoms with Gasteiger partial charge in [-0.3, -0.25) is 4.79 Å². The number of nitrogens with zero attached hydrogens (tertiary/aromatic N) is 2. The molecule has 0 aliphatic carbocycles. The predicted octanol–water partition coefficient (Wildman–Crippen LogP) is 3.72. The molecule has 0 aliphatic rings. The maximum Gasteiger partial charge on any atom is 0.267 e. The highest BCUT2D eigenvalue weighted by Gasteiger charge is 2.04. The van der Waals surface area contributed by atoms with Crippen LogP contribution < -0.4 is 5.56 Å². The van der Waals surface area contributed by atoms with Crippen LogP contribution in [0, 0.1) is 0 Å². The van der Waals surface area contributed by atoms with Crippen LogP contribution in [0.15, 0.2) is 76.0 Å². The van der Waals surface area contributed by atoms with Gasteiger partial charge in [0, 0.05) is 16.1 Å². The molecule has 0 radical (unpaired) electrons. The second kappa shape index (κ2) is 6.06. The van der Waals surface area contributed by atoms with E-state index in [-0.39, 0.29) is 5.56 Å². The summed E-state index contributed by atoms with van der Waals surface area (Å²) in [6, 6.07) is 21.0. The molecule has 0 amide bonds. The van der Waals surface area contributed by atoms with Gasteiger partial charge >= 0.3 is 0 Å². The number of hydrogen-bond acceptors (Lipinski definition) is 2. The molecule has 0 atom stereocenters. The van der Waals surface area contributed by atoms with Crippen molar-refractivity contribution in [3.63, 3.8) is 0 Å². The summed E-state index contributed by atoms with van der Waals surface area (Å²) in [5, 5.41) is 4.46. The lowest BCUT2D eigenvalue weighted by Crippen LogP contribution is -2.22. The average Bonchev–Trinajstić information content (AvgIpc) is 2.50. The van der Waals surface area contributed by atoms with Gasteiger partial charge in [-0.15, -0.1) is 0 Å². The van der Waals surface area contributed by atoms with Gasteiger partial charge in [0.1, 0.15) is 0 Å². The maximum absolute atomic E-state index is 12.0. The molecule has 3 rings (SSSR count). The van der Waals surface area contributed by atoms with Crippen molar-refractivity contribution in [3.05, 3.63) is 87.1 Å². The molecule has 0 fully saturated rings. The average molecular weight is 341 g/mol.